The van der Waals surface area contributed by atoms with Crippen LogP contribution in [0.5, 0.6) is 0 Å². The number of hydrogen-bond donors (Lipinski definition) is 0. The van der Waals surface area contributed by atoms with E-state index >= 15 is 0 Å². The molecule has 33 heavy (non-hydrogen) atoms. The molecule has 0 saturated heterocycles. The van der Waals surface area contributed by atoms with Gasteiger partial charge < -0.3 is 9.15 Å². The van der Waals surface area contributed by atoms with Crippen molar-refractivity contribution in [2.24, 2.45) is 0 Å². The molecular formula is C27H24N2O4. The summed E-state index contributed by atoms with van der Waals surface area (Å²) >= 11 is 0. The lowest BCUT2D eigenvalue weighted by Crippen LogP contribution is -2.48. The Morgan fingerprint density at radius 1 is 0.970 bits per heavy atom. The predicted molar refractivity (Wildman–Crippen MR) is 127 cm³/mol. The zero-order chi connectivity index (χ0) is 22.8. The van der Waals surface area contributed by atoms with Crippen LogP contribution in [0.2, 0.25) is 0 Å². The van der Waals surface area contributed by atoms with Crippen LogP contribution in [0.1, 0.15) is 29.7 Å². The Hall–Kier alpha value is -3.90. The zero-order valence-electron chi connectivity index (χ0n) is 18.3. The van der Waals surface area contributed by atoms with Crippen LogP contribution in [0.25, 0.3) is 11.0 Å². The van der Waals surface area contributed by atoms with Crippen LogP contribution >= 0.6 is 0 Å². The molecule has 6 heteroatoms. The first-order chi connectivity index (χ1) is 16.1. The van der Waals surface area contributed by atoms with Gasteiger partial charge >= 0.3 is 6.09 Å². The summed E-state index contributed by atoms with van der Waals surface area (Å²) in [5.41, 5.74) is 2.77. The molecule has 2 heterocycles. The minimum Gasteiger partial charge on any atom is -0.444 e. The van der Waals surface area contributed by atoms with Gasteiger partial charge in [0, 0.05) is 12.6 Å². The molecule has 0 unspecified atom stereocenters. The number of benzene rings is 3. The molecule has 6 nitrogen and oxygen atoms in total. The highest BCUT2D eigenvalue weighted by Crippen LogP contribution is 2.33. The second-order valence-electron chi connectivity index (χ2n) is 8.15. The van der Waals surface area contributed by atoms with E-state index in [0.717, 1.165) is 11.1 Å². The van der Waals surface area contributed by atoms with Crippen LogP contribution < -0.4 is 10.3 Å². The molecule has 1 aliphatic heterocycles. The number of hydrogen-bond acceptors (Lipinski definition) is 5. The van der Waals surface area contributed by atoms with Gasteiger partial charge in [0.1, 0.15) is 12.2 Å². The first-order valence-corrected chi connectivity index (χ1v) is 10.9. The maximum absolute atomic E-state index is 13.4. The minimum absolute atomic E-state index is 0.0188. The van der Waals surface area contributed by atoms with E-state index in [-0.39, 0.29) is 30.6 Å². The molecule has 5 rings (SSSR count). The van der Waals surface area contributed by atoms with Crippen LogP contribution in [-0.4, -0.2) is 17.7 Å². The van der Waals surface area contributed by atoms with E-state index in [1.807, 2.05) is 72.8 Å². The largest absolute Gasteiger partial charge is 0.444 e. The van der Waals surface area contributed by atoms with Crippen molar-refractivity contribution in [1.82, 2.24) is 4.90 Å². The number of rotatable bonds is 4. The Bertz CT molecular complexity index is 1330. The molecule has 0 saturated carbocycles. The van der Waals surface area contributed by atoms with Crippen LogP contribution in [0.4, 0.5) is 10.7 Å². The highest BCUT2D eigenvalue weighted by Gasteiger charge is 2.35. The fourth-order valence-electron chi connectivity index (χ4n) is 4.16. The quantitative estimate of drug-likeness (QED) is 0.421. The zero-order valence-corrected chi connectivity index (χ0v) is 18.3. The van der Waals surface area contributed by atoms with E-state index in [9.17, 15) is 9.59 Å². The first-order valence-electron chi connectivity index (χ1n) is 10.9. The fraction of sp³-hybridized carbons (Fsp3) is 0.185. The van der Waals surface area contributed by atoms with E-state index in [1.165, 1.54) is 4.90 Å². The lowest BCUT2D eigenvalue weighted by Gasteiger charge is -2.38. The Labute approximate surface area is 191 Å². The van der Waals surface area contributed by atoms with Crippen LogP contribution in [0.3, 0.4) is 0 Å². The first kappa shape index (κ1) is 21.0. The average Bonchev–Trinajstić information content (AvgIpc) is 2.88. The molecule has 1 amide bonds. The summed E-state index contributed by atoms with van der Waals surface area (Å²) in [6.07, 6.45) is -0.552. The molecule has 0 N–H and O–H groups in total. The van der Waals surface area contributed by atoms with Crippen molar-refractivity contribution in [3.05, 3.63) is 112 Å². The summed E-state index contributed by atoms with van der Waals surface area (Å²) in [5, 5.41) is 0.503. The number of ether oxygens (including phenoxy) is 1. The molecule has 1 aliphatic rings. The monoisotopic (exact) mass is 440 g/mol. The van der Waals surface area contributed by atoms with Crippen molar-refractivity contribution in [2.45, 2.75) is 26.1 Å². The maximum Gasteiger partial charge on any atom is 0.418 e. The highest BCUT2D eigenvalue weighted by atomic mass is 16.6. The van der Waals surface area contributed by atoms with Crippen molar-refractivity contribution in [3.8, 4) is 0 Å². The third-order valence-electron chi connectivity index (χ3n) is 6.06. The third-order valence-corrected chi connectivity index (χ3v) is 6.06. The normalized spacial score (nSPS) is 14.6. The van der Waals surface area contributed by atoms with Gasteiger partial charge in [-0.1, -0.05) is 72.8 Å². The van der Waals surface area contributed by atoms with Crippen molar-refractivity contribution in [2.75, 3.05) is 11.6 Å². The Balaban J connectivity index is 1.52. The van der Waals surface area contributed by atoms with Gasteiger partial charge in [0.05, 0.1) is 17.6 Å². The maximum atomic E-state index is 13.4. The van der Waals surface area contributed by atoms with E-state index in [2.05, 4.69) is 11.8 Å². The summed E-state index contributed by atoms with van der Waals surface area (Å²) in [5.74, 6) is 0.258. The molecule has 0 fully saturated rings. The highest BCUT2D eigenvalue weighted by molar-refractivity contribution is 5.89. The summed E-state index contributed by atoms with van der Waals surface area (Å²) in [7, 11) is 0. The molecule has 166 valence electrons. The number of fused-ring (bicyclic) bond motifs is 2. The number of amides is 1. The number of carbonyl (C=O) groups excluding carboxylic acids is 1. The lowest BCUT2D eigenvalue weighted by atomic mass is 10.0. The van der Waals surface area contributed by atoms with Crippen molar-refractivity contribution >= 4 is 22.9 Å². The third kappa shape index (κ3) is 4.13. The van der Waals surface area contributed by atoms with E-state index in [4.69, 9.17) is 9.15 Å². The topological polar surface area (TPSA) is 63.0 Å². The summed E-state index contributed by atoms with van der Waals surface area (Å²) in [4.78, 5) is 30.1. The fourth-order valence-corrected chi connectivity index (χ4v) is 4.16. The smallest absolute Gasteiger partial charge is 0.418 e. The molecule has 1 aromatic heterocycles. The van der Waals surface area contributed by atoms with Crippen LogP contribution in [0, 0.1) is 0 Å². The molecule has 0 spiro atoms. The standard InChI is InChI=1S/C27H24N2O4/c1-19(21-12-6-3-7-13-21)28-16-23-25(30)22-14-8-9-15-24(22)33-26(23)29(18-28)27(31)32-17-20-10-4-2-5-11-20/h2-15,19H,16-18H2,1H3/t19-/m1/s1. The van der Waals surface area contributed by atoms with Gasteiger partial charge in [0.25, 0.3) is 0 Å². The lowest BCUT2D eigenvalue weighted by molar-refractivity contribution is 0.128. The van der Waals surface area contributed by atoms with E-state index in [0.29, 0.717) is 23.1 Å². The molecule has 3 aromatic carbocycles. The average molecular weight is 440 g/mol. The van der Waals surface area contributed by atoms with Crippen molar-refractivity contribution in [1.29, 1.82) is 0 Å². The van der Waals surface area contributed by atoms with E-state index < -0.39 is 6.09 Å². The molecule has 1 atom stereocenters. The second kappa shape index (κ2) is 8.92. The Morgan fingerprint density at radius 2 is 1.64 bits per heavy atom. The molecule has 0 radical (unpaired) electrons. The van der Waals surface area contributed by atoms with Crippen molar-refractivity contribution < 1.29 is 13.9 Å². The van der Waals surface area contributed by atoms with Crippen LogP contribution in [0.15, 0.2) is 94.1 Å². The van der Waals surface area contributed by atoms with Crippen LogP contribution in [-0.2, 0) is 17.9 Å². The van der Waals surface area contributed by atoms with Gasteiger partial charge in [-0.3, -0.25) is 9.69 Å². The second-order valence-corrected chi connectivity index (χ2v) is 8.15. The SMILES string of the molecule is C[C@H](c1ccccc1)N1Cc2c(oc3ccccc3c2=O)N(C(=O)OCc2ccccc2)C1. The van der Waals surface area contributed by atoms with Gasteiger partial charge in [-0.2, -0.15) is 0 Å². The number of para-hydroxylation sites is 1. The van der Waals surface area contributed by atoms with Gasteiger partial charge in [-0.25, -0.2) is 9.69 Å². The summed E-state index contributed by atoms with van der Waals surface area (Å²) < 4.78 is 11.7. The number of carbonyl (C=O) groups is 1. The Kier molecular flexibility index (Phi) is 5.67. The predicted octanol–water partition coefficient (Wildman–Crippen LogP) is 5.47. The molecule has 4 aromatic rings. The van der Waals surface area contributed by atoms with E-state index in [1.54, 1.807) is 12.1 Å². The van der Waals surface area contributed by atoms with Gasteiger partial charge in [0.2, 0.25) is 5.88 Å². The molecule has 0 bridgehead atoms. The van der Waals surface area contributed by atoms with Crippen molar-refractivity contribution in [3.63, 3.8) is 0 Å². The molecular weight excluding hydrogens is 416 g/mol. The number of nitrogens with zero attached hydrogens (tertiary/aromatic N) is 2. The van der Waals surface area contributed by atoms with Gasteiger partial charge in [-0.15, -0.1) is 0 Å². The Morgan fingerprint density at radius 3 is 2.39 bits per heavy atom. The number of anilines is 1. The summed E-state index contributed by atoms with van der Waals surface area (Å²) in [6.45, 7) is 2.83. The summed E-state index contributed by atoms with van der Waals surface area (Å²) in [6, 6.07) is 26.6. The minimum atomic E-state index is -0.552. The molecule has 0 aliphatic carbocycles. The van der Waals surface area contributed by atoms with Gasteiger partial charge in [0.15, 0.2) is 5.43 Å². The van der Waals surface area contributed by atoms with Gasteiger partial charge in [-0.05, 0) is 30.2 Å².